The van der Waals surface area contributed by atoms with Crippen LogP contribution in [0, 0.1) is 0 Å². The van der Waals surface area contributed by atoms with Crippen molar-refractivity contribution in [1.29, 1.82) is 0 Å². The minimum Gasteiger partial charge on any atom is -0.310 e. The number of hydrogen-bond donors (Lipinski definition) is 1. The maximum Gasteiger partial charge on any atom is 0.254 e. The van der Waals surface area contributed by atoms with Gasteiger partial charge in [-0.3, -0.25) is 4.79 Å². The van der Waals surface area contributed by atoms with Gasteiger partial charge in [-0.05, 0) is 25.5 Å². The van der Waals surface area contributed by atoms with Crippen molar-refractivity contribution in [2.75, 3.05) is 6.26 Å². The Morgan fingerprint density at radius 3 is 3.15 bits per heavy atom. The van der Waals surface area contributed by atoms with Crippen molar-refractivity contribution in [1.82, 2.24) is 9.97 Å². The highest BCUT2D eigenvalue weighted by Gasteiger charge is 2.16. The van der Waals surface area contributed by atoms with Gasteiger partial charge in [0.15, 0.2) is 0 Å². The van der Waals surface area contributed by atoms with Crippen molar-refractivity contribution in [3.8, 4) is 0 Å². The first-order valence-electron chi connectivity index (χ1n) is 4.41. The first-order valence-corrected chi connectivity index (χ1v) is 5.80. The van der Waals surface area contributed by atoms with Crippen LogP contribution in [-0.4, -0.2) is 16.2 Å². The van der Waals surface area contributed by atoms with E-state index in [9.17, 15) is 4.79 Å². The van der Waals surface area contributed by atoms with Crippen molar-refractivity contribution in [2.45, 2.75) is 25.0 Å². The van der Waals surface area contributed by atoms with E-state index >= 15 is 0 Å². The van der Waals surface area contributed by atoms with E-state index in [0.29, 0.717) is 0 Å². The first kappa shape index (κ1) is 8.81. The van der Waals surface area contributed by atoms with Crippen LogP contribution >= 0.6 is 11.8 Å². The van der Waals surface area contributed by atoms with Crippen LogP contribution in [-0.2, 0) is 18.6 Å². The van der Waals surface area contributed by atoms with Crippen molar-refractivity contribution in [2.24, 2.45) is 0 Å². The van der Waals surface area contributed by atoms with E-state index in [-0.39, 0.29) is 5.56 Å². The molecule has 0 atom stereocenters. The molecule has 4 heteroatoms. The number of nitrogens with one attached hydrogen (secondary N) is 1. The summed E-state index contributed by atoms with van der Waals surface area (Å²) in [5.41, 5.74) is 2.00. The van der Waals surface area contributed by atoms with Gasteiger partial charge in [0.1, 0.15) is 5.82 Å². The van der Waals surface area contributed by atoms with Crippen LogP contribution in [0.2, 0.25) is 0 Å². The summed E-state index contributed by atoms with van der Waals surface area (Å²) >= 11 is 1.68. The summed E-state index contributed by atoms with van der Waals surface area (Å²) in [6.45, 7) is 0. The molecule has 13 heavy (non-hydrogen) atoms. The highest BCUT2D eigenvalue weighted by Crippen LogP contribution is 2.16. The molecule has 0 fully saturated rings. The van der Waals surface area contributed by atoms with Gasteiger partial charge in [0.25, 0.3) is 5.56 Å². The lowest BCUT2D eigenvalue weighted by molar-refractivity contribution is 0.893. The number of aromatic amines is 1. The third-order valence-electron chi connectivity index (χ3n) is 2.27. The van der Waals surface area contributed by atoms with Gasteiger partial charge in [-0.15, -0.1) is 0 Å². The second-order valence-corrected chi connectivity index (χ2v) is 4.09. The summed E-state index contributed by atoms with van der Waals surface area (Å²) in [5.74, 6) is 1.61. The smallest absolute Gasteiger partial charge is 0.254 e. The van der Waals surface area contributed by atoms with Crippen LogP contribution in [0.15, 0.2) is 4.79 Å². The maximum absolute atomic E-state index is 11.5. The molecule has 0 saturated carbocycles. The minimum atomic E-state index is 0.0755. The molecular weight excluding hydrogens is 184 g/mol. The normalized spacial score (nSPS) is 14.5. The number of aromatic nitrogens is 2. The summed E-state index contributed by atoms with van der Waals surface area (Å²) < 4.78 is 0. The average Bonchev–Trinajstić information content (AvgIpc) is 2.53. The second kappa shape index (κ2) is 3.54. The minimum absolute atomic E-state index is 0.0755. The Bertz CT molecular complexity index is 372. The third-order valence-corrected chi connectivity index (χ3v) is 2.83. The zero-order valence-corrected chi connectivity index (χ0v) is 8.41. The van der Waals surface area contributed by atoms with E-state index < -0.39 is 0 Å². The fraction of sp³-hybridized carbons (Fsp3) is 0.556. The molecule has 1 heterocycles. The average molecular weight is 196 g/mol. The van der Waals surface area contributed by atoms with Crippen LogP contribution in [0.25, 0.3) is 0 Å². The summed E-state index contributed by atoms with van der Waals surface area (Å²) in [7, 11) is 0. The second-order valence-electron chi connectivity index (χ2n) is 3.22. The van der Waals surface area contributed by atoms with Crippen LogP contribution in [0.4, 0.5) is 0 Å². The summed E-state index contributed by atoms with van der Waals surface area (Å²) in [6, 6.07) is 0. The molecule has 0 amide bonds. The fourth-order valence-electron chi connectivity index (χ4n) is 1.70. The summed E-state index contributed by atoms with van der Waals surface area (Å²) in [4.78, 5) is 18.8. The van der Waals surface area contributed by atoms with Crippen LogP contribution in [0.3, 0.4) is 0 Å². The molecule has 0 radical (unpaired) electrons. The number of fused-ring (bicyclic) bond motifs is 1. The van der Waals surface area contributed by atoms with E-state index in [1.807, 2.05) is 6.26 Å². The van der Waals surface area contributed by atoms with Gasteiger partial charge in [-0.25, -0.2) is 4.98 Å². The van der Waals surface area contributed by atoms with Gasteiger partial charge >= 0.3 is 0 Å². The molecule has 0 unspecified atom stereocenters. The van der Waals surface area contributed by atoms with Gasteiger partial charge in [0.2, 0.25) is 0 Å². The number of aryl methyl sites for hydroxylation is 1. The first-order chi connectivity index (χ1) is 6.31. The molecule has 0 aliphatic heterocycles. The molecule has 1 N–H and O–H groups in total. The monoisotopic (exact) mass is 196 g/mol. The number of nitrogens with zero attached hydrogens (tertiary/aromatic N) is 1. The lowest BCUT2D eigenvalue weighted by Crippen LogP contribution is -2.16. The number of H-pyrrole nitrogens is 1. The topological polar surface area (TPSA) is 45.8 Å². The van der Waals surface area contributed by atoms with Crippen LogP contribution < -0.4 is 5.56 Å². The number of hydrogen-bond acceptors (Lipinski definition) is 3. The van der Waals surface area contributed by atoms with Crippen molar-refractivity contribution in [3.63, 3.8) is 0 Å². The molecule has 0 bridgehead atoms. The predicted molar refractivity (Wildman–Crippen MR) is 54.1 cm³/mol. The van der Waals surface area contributed by atoms with E-state index in [1.165, 1.54) is 0 Å². The largest absolute Gasteiger partial charge is 0.310 e. The highest BCUT2D eigenvalue weighted by atomic mass is 32.2. The molecule has 0 aromatic carbocycles. The van der Waals surface area contributed by atoms with Crippen LogP contribution in [0.1, 0.15) is 23.5 Å². The Labute approximate surface area is 81.0 Å². The summed E-state index contributed by atoms with van der Waals surface area (Å²) in [5, 5.41) is 0. The lowest BCUT2D eigenvalue weighted by Gasteiger charge is -2.01. The third kappa shape index (κ3) is 1.63. The molecule has 70 valence electrons. The Morgan fingerprint density at radius 2 is 2.38 bits per heavy atom. The van der Waals surface area contributed by atoms with E-state index in [4.69, 9.17) is 0 Å². The van der Waals surface area contributed by atoms with E-state index in [2.05, 4.69) is 9.97 Å². The summed E-state index contributed by atoms with van der Waals surface area (Å²) in [6.07, 6.45) is 4.96. The Hall–Kier alpha value is -0.770. The fourth-order valence-corrected chi connectivity index (χ4v) is 2.11. The highest BCUT2D eigenvalue weighted by molar-refractivity contribution is 7.97. The van der Waals surface area contributed by atoms with E-state index in [1.54, 1.807) is 11.8 Å². The number of rotatable bonds is 2. The molecule has 2 rings (SSSR count). The quantitative estimate of drug-likeness (QED) is 0.771. The molecule has 3 nitrogen and oxygen atoms in total. The SMILES string of the molecule is CSCc1nc2c(c(=O)[nH]1)CCC2. The zero-order valence-electron chi connectivity index (χ0n) is 7.59. The molecule has 1 aliphatic rings. The van der Waals surface area contributed by atoms with Gasteiger partial charge in [0.05, 0.1) is 11.4 Å². The van der Waals surface area contributed by atoms with Crippen molar-refractivity contribution >= 4 is 11.8 Å². The molecular formula is C9H12N2OS. The molecule has 0 spiro atoms. The van der Waals surface area contributed by atoms with Gasteiger partial charge in [0, 0.05) is 5.56 Å². The molecule has 0 saturated heterocycles. The lowest BCUT2D eigenvalue weighted by atomic mass is 10.2. The maximum atomic E-state index is 11.5. The standard InChI is InChI=1S/C9H12N2OS/c1-13-5-8-10-7-4-2-3-6(7)9(12)11-8/h2-5H2,1H3,(H,10,11,12). The van der Waals surface area contributed by atoms with Gasteiger partial charge < -0.3 is 4.98 Å². The van der Waals surface area contributed by atoms with Crippen molar-refractivity contribution < 1.29 is 0 Å². The van der Waals surface area contributed by atoms with Gasteiger partial charge in [-0.1, -0.05) is 0 Å². The zero-order chi connectivity index (χ0) is 9.26. The molecule has 1 aromatic rings. The predicted octanol–water partition coefficient (Wildman–Crippen LogP) is 1.12. The Morgan fingerprint density at radius 1 is 1.54 bits per heavy atom. The van der Waals surface area contributed by atoms with Gasteiger partial charge in [-0.2, -0.15) is 11.8 Å². The number of thioether (sulfide) groups is 1. The molecule has 1 aliphatic carbocycles. The molecule has 1 aromatic heterocycles. The van der Waals surface area contributed by atoms with E-state index in [0.717, 1.165) is 42.1 Å². The van der Waals surface area contributed by atoms with Crippen LogP contribution in [0.5, 0.6) is 0 Å². The van der Waals surface area contributed by atoms with Crippen molar-refractivity contribution in [3.05, 3.63) is 27.4 Å². The Kier molecular flexibility index (Phi) is 2.40. The Balaban J connectivity index is 2.44.